The van der Waals surface area contributed by atoms with Crippen LogP contribution in [0.3, 0.4) is 0 Å². The van der Waals surface area contributed by atoms with E-state index in [0.29, 0.717) is 11.9 Å². The molecule has 2 rings (SSSR count). The molecule has 1 aliphatic carbocycles. The van der Waals surface area contributed by atoms with Gasteiger partial charge in [0.25, 0.3) is 0 Å². The Hall–Kier alpha value is -1.72. The summed E-state index contributed by atoms with van der Waals surface area (Å²) in [6.45, 7) is 3.70. The lowest BCUT2D eigenvalue weighted by Gasteiger charge is -2.15. The van der Waals surface area contributed by atoms with Crippen LogP contribution in [0.25, 0.3) is 0 Å². The Morgan fingerprint density at radius 1 is 1.41 bits per heavy atom. The molecule has 1 atom stereocenters. The molecule has 17 heavy (non-hydrogen) atoms. The van der Waals surface area contributed by atoms with E-state index in [1.165, 1.54) is 0 Å². The molecule has 2 N–H and O–H groups in total. The molecule has 1 heterocycles. The van der Waals surface area contributed by atoms with Gasteiger partial charge in [-0.1, -0.05) is 0 Å². The third kappa shape index (κ3) is 3.12. The summed E-state index contributed by atoms with van der Waals surface area (Å²) in [5.41, 5.74) is 1.60. The average Bonchev–Trinajstić information content (AvgIpc) is 3.05. The summed E-state index contributed by atoms with van der Waals surface area (Å²) < 4.78 is 0. The molecule has 1 aromatic rings. The highest BCUT2D eigenvalue weighted by molar-refractivity contribution is 5.68. The number of nitrogens with one attached hydrogen (secondary N) is 1. The van der Waals surface area contributed by atoms with Crippen LogP contribution in [0.5, 0.6) is 0 Å². The predicted octanol–water partition coefficient (Wildman–Crippen LogP) is 1.15. The number of aromatic nitrogens is 3. The first-order valence-corrected chi connectivity index (χ1v) is 5.72. The van der Waals surface area contributed by atoms with Gasteiger partial charge in [-0.2, -0.15) is 5.10 Å². The van der Waals surface area contributed by atoms with Crippen molar-refractivity contribution in [1.82, 2.24) is 15.2 Å². The maximum absolute atomic E-state index is 10.8. The Bertz CT molecular complexity index is 431. The lowest BCUT2D eigenvalue weighted by Crippen LogP contribution is -2.26. The molecule has 0 spiro atoms. The smallest absolute Gasteiger partial charge is 0.305 e. The van der Waals surface area contributed by atoms with Crippen LogP contribution >= 0.6 is 0 Å². The highest BCUT2D eigenvalue weighted by Gasteiger charge is 2.33. The molecule has 92 valence electrons. The standard InChI is InChI=1S/C11H16N4O2/c1-6-7(2)14-15-11(12-6)13-9(5-10(16)17)8-3-4-8/h8-9H,3-5H2,1-2H3,(H,16,17)(H,12,13,15). The van der Waals surface area contributed by atoms with Crippen molar-refractivity contribution in [2.75, 3.05) is 5.32 Å². The van der Waals surface area contributed by atoms with E-state index in [2.05, 4.69) is 20.5 Å². The quantitative estimate of drug-likeness (QED) is 0.797. The number of anilines is 1. The van der Waals surface area contributed by atoms with Gasteiger partial charge >= 0.3 is 5.97 Å². The van der Waals surface area contributed by atoms with Gasteiger partial charge in [0.15, 0.2) is 0 Å². The highest BCUT2D eigenvalue weighted by Crippen LogP contribution is 2.35. The molecule has 0 aromatic carbocycles. The minimum Gasteiger partial charge on any atom is -0.481 e. The number of nitrogens with zero attached hydrogens (tertiary/aromatic N) is 3. The fourth-order valence-electron chi connectivity index (χ4n) is 1.71. The van der Waals surface area contributed by atoms with Gasteiger partial charge in [0.05, 0.1) is 17.8 Å². The second kappa shape index (κ2) is 4.65. The van der Waals surface area contributed by atoms with Crippen LogP contribution in [0.15, 0.2) is 0 Å². The molecule has 0 aliphatic heterocycles. The summed E-state index contributed by atoms with van der Waals surface area (Å²) in [5, 5.41) is 19.8. The van der Waals surface area contributed by atoms with Gasteiger partial charge in [-0.3, -0.25) is 4.79 Å². The maximum atomic E-state index is 10.8. The average molecular weight is 236 g/mol. The van der Waals surface area contributed by atoms with Crippen LogP contribution in [0.2, 0.25) is 0 Å². The maximum Gasteiger partial charge on any atom is 0.305 e. The molecule has 0 saturated heterocycles. The highest BCUT2D eigenvalue weighted by atomic mass is 16.4. The largest absolute Gasteiger partial charge is 0.481 e. The van der Waals surface area contributed by atoms with Crippen molar-refractivity contribution in [3.63, 3.8) is 0 Å². The first-order chi connectivity index (χ1) is 8.06. The summed E-state index contributed by atoms with van der Waals surface area (Å²) in [7, 11) is 0. The van der Waals surface area contributed by atoms with Crippen molar-refractivity contribution in [3.8, 4) is 0 Å². The van der Waals surface area contributed by atoms with Crippen molar-refractivity contribution in [2.24, 2.45) is 5.92 Å². The Morgan fingerprint density at radius 2 is 2.12 bits per heavy atom. The van der Waals surface area contributed by atoms with Crippen molar-refractivity contribution < 1.29 is 9.90 Å². The topological polar surface area (TPSA) is 88.0 Å². The zero-order valence-corrected chi connectivity index (χ0v) is 9.97. The van der Waals surface area contributed by atoms with Crippen LogP contribution < -0.4 is 5.32 Å². The Balaban J connectivity index is 2.06. The van der Waals surface area contributed by atoms with Gasteiger partial charge < -0.3 is 10.4 Å². The second-order valence-electron chi connectivity index (χ2n) is 4.49. The zero-order chi connectivity index (χ0) is 12.4. The van der Waals surface area contributed by atoms with Crippen molar-refractivity contribution in [2.45, 2.75) is 39.2 Å². The molecule has 6 nitrogen and oxygen atoms in total. The fraction of sp³-hybridized carbons (Fsp3) is 0.636. The molecule has 6 heteroatoms. The normalized spacial score (nSPS) is 16.6. The molecular formula is C11H16N4O2. The summed E-state index contributed by atoms with van der Waals surface area (Å²) >= 11 is 0. The number of carboxylic acids is 1. The molecule has 1 aromatic heterocycles. The minimum absolute atomic E-state index is 0.0867. The van der Waals surface area contributed by atoms with E-state index in [1.807, 2.05) is 13.8 Å². The van der Waals surface area contributed by atoms with Gasteiger partial charge in [0.1, 0.15) is 0 Å². The van der Waals surface area contributed by atoms with E-state index < -0.39 is 5.97 Å². The van der Waals surface area contributed by atoms with E-state index in [0.717, 1.165) is 24.2 Å². The first kappa shape index (κ1) is 11.8. The molecule has 1 saturated carbocycles. The first-order valence-electron chi connectivity index (χ1n) is 5.72. The fourth-order valence-corrected chi connectivity index (χ4v) is 1.71. The number of hydrogen-bond acceptors (Lipinski definition) is 5. The summed E-state index contributed by atoms with van der Waals surface area (Å²) in [6, 6.07) is -0.0867. The summed E-state index contributed by atoms with van der Waals surface area (Å²) in [4.78, 5) is 15.0. The second-order valence-corrected chi connectivity index (χ2v) is 4.49. The van der Waals surface area contributed by atoms with E-state index in [4.69, 9.17) is 5.11 Å². The van der Waals surface area contributed by atoms with Crippen LogP contribution in [0.1, 0.15) is 30.7 Å². The number of aliphatic carboxylic acids is 1. The van der Waals surface area contributed by atoms with Crippen LogP contribution in [0.4, 0.5) is 5.95 Å². The van der Waals surface area contributed by atoms with Crippen LogP contribution in [-0.2, 0) is 4.79 Å². The van der Waals surface area contributed by atoms with E-state index in [-0.39, 0.29) is 12.5 Å². The van der Waals surface area contributed by atoms with E-state index >= 15 is 0 Å². The van der Waals surface area contributed by atoms with Crippen LogP contribution in [-0.4, -0.2) is 32.3 Å². The van der Waals surface area contributed by atoms with Crippen molar-refractivity contribution in [3.05, 3.63) is 11.4 Å². The SMILES string of the molecule is Cc1nnc(NC(CC(=O)O)C2CC2)nc1C. The number of rotatable bonds is 5. The third-order valence-electron chi connectivity index (χ3n) is 2.99. The predicted molar refractivity (Wildman–Crippen MR) is 61.7 cm³/mol. The van der Waals surface area contributed by atoms with Crippen molar-refractivity contribution in [1.29, 1.82) is 0 Å². The molecule has 0 radical (unpaired) electrons. The minimum atomic E-state index is -0.800. The summed E-state index contributed by atoms with van der Waals surface area (Å²) in [5.74, 6) is 0.0498. The molecule has 0 bridgehead atoms. The van der Waals surface area contributed by atoms with Gasteiger partial charge in [0, 0.05) is 6.04 Å². The number of carbonyl (C=O) groups is 1. The van der Waals surface area contributed by atoms with Gasteiger partial charge in [0.2, 0.25) is 5.95 Å². The molecule has 0 amide bonds. The lowest BCUT2D eigenvalue weighted by molar-refractivity contribution is -0.137. The Kier molecular flexibility index (Phi) is 3.21. The Labute approximate surface area is 99.5 Å². The van der Waals surface area contributed by atoms with E-state index in [9.17, 15) is 4.79 Å². The van der Waals surface area contributed by atoms with Gasteiger partial charge in [-0.05, 0) is 32.6 Å². The van der Waals surface area contributed by atoms with Crippen molar-refractivity contribution >= 4 is 11.9 Å². The van der Waals surface area contributed by atoms with Gasteiger partial charge in [-0.15, -0.1) is 5.10 Å². The Morgan fingerprint density at radius 3 is 2.65 bits per heavy atom. The third-order valence-corrected chi connectivity index (χ3v) is 2.99. The molecule has 1 unspecified atom stereocenters. The monoisotopic (exact) mass is 236 g/mol. The summed E-state index contributed by atoms with van der Waals surface area (Å²) in [6.07, 6.45) is 2.24. The van der Waals surface area contributed by atoms with Gasteiger partial charge in [-0.25, -0.2) is 4.98 Å². The zero-order valence-electron chi connectivity index (χ0n) is 9.97. The van der Waals surface area contributed by atoms with E-state index in [1.54, 1.807) is 0 Å². The molecule has 1 fully saturated rings. The molecular weight excluding hydrogens is 220 g/mol. The number of hydrogen-bond donors (Lipinski definition) is 2. The number of carboxylic acid groups (broad SMARTS) is 1. The van der Waals surface area contributed by atoms with Crippen LogP contribution in [0, 0.1) is 19.8 Å². The lowest BCUT2D eigenvalue weighted by atomic mass is 10.1. The molecule has 1 aliphatic rings. The number of aryl methyl sites for hydroxylation is 2.